The fourth-order valence-corrected chi connectivity index (χ4v) is 3.48. The van der Waals surface area contributed by atoms with Crippen molar-refractivity contribution in [3.8, 4) is 0 Å². The van der Waals surface area contributed by atoms with Crippen LogP contribution in [-0.2, 0) is 4.79 Å². The Kier molecular flexibility index (Phi) is 5.03. The van der Waals surface area contributed by atoms with Gasteiger partial charge in [0.1, 0.15) is 0 Å². The molecule has 1 amide bonds. The van der Waals surface area contributed by atoms with Gasteiger partial charge in [0.05, 0.1) is 16.2 Å². The highest BCUT2D eigenvalue weighted by Gasteiger charge is 2.19. The third-order valence-corrected chi connectivity index (χ3v) is 4.67. The number of thioether (sulfide) groups is 1. The lowest BCUT2D eigenvalue weighted by Gasteiger charge is -2.26. The molecule has 20 heavy (non-hydrogen) atoms. The average Bonchev–Trinajstić information content (AvgIpc) is 2.83. The van der Waals surface area contributed by atoms with E-state index in [2.05, 4.69) is 4.98 Å². The molecule has 0 aliphatic heterocycles. The van der Waals surface area contributed by atoms with E-state index in [1.165, 1.54) is 23.1 Å². The number of thiazole rings is 1. The number of amides is 1. The van der Waals surface area contributed by atoms with E-state index in [0.717, 1.165) is 9.90 Å². The number of benzene rings is 1. The Bertz CT molecular complexity index is 569. The zero-order valence-electron chi connectivity index (χ0n) is 11.4. The van der Waals surface area contributed by atoms with Crippen LogP contribution < -0.4 is 10.6 Å². The van der Waals surface area contributed by atoms with Crippen LogP contribution in [0.3, 0.4) is 0 Å². The Morgan fingerprint density at radius 3 is 2.65 bits per heavy atom. The molecule has 0 fully saturated rings. The summed E-state index contributed by atoms with van der Waals surface area (Å²) in [6.07, 6.45) is 1.71. The normalized spacial score (nSPS) is 10.8. The largest absolute Gasteiger partial charge is 0.375 e. The van der Waals surface area contributed by atoms with Gasteiger partial charge in [0.2, 0.25) is 5.91 Å². The second kappa shape index (κ2) is 6.76. The number of nitrogens with zero attached hydrogens (tertiary/aromatic N) is 2. The van der Waals surface area contributed by atoms with E-state index < -0.39 is 0 Å². The summed E-state index contributed by atoms with van der Waals surface area (Å²) in [4.78, 5) is 18.2. The third kappa shape index (κ3) is 3.74. The van der Waals surface area contributed by atoms with Crippen LogP contribution in [0.15, 0.2) is 40.7 Å². The molecule has 0 saturated carbocycles. The zero-order valence-corrected chi connectivity index (χ0v) is 13.1. The first kappa shape index (κ1) is 14.9. The summed E-state index contributed by atoms with van der Waals surface area (Å²) in [6, 6.07) is 9.85. The SMILES string of the molecule is CC(C)N(C(=O)CSc1cnc(N)s1)c1ccccc1. The van der Waals surface area contributed by atoms with Gasteiger partial charge in [-0.3, -0.25) is 4.79 Å². The number of hydrogen-bond acceptors (Lipinski definition) is 5. The van der Waals surface area contributed by atoms with Crippen LogP contribution in [0.2, 0.25) is 0 Å². The molecule has 0 aliphatic carbocycles. The van der Waals surface area contributed by atoms with Crippen LogP contribution in [0.4, 0.5) is 10.8 Å². The van der Waals surface area contributed by atoms with Crippen molar-refractivity contribution < 1.29 is 4.79 Å². The van der Waals surface area contributed by atoms with E-state index in [1.807, 2.05) is 49.1 Å². The van der Waals surface area contributed by atoms with Gasteiger partial charge >= 0.3 is 0 Å². The van der Waals surface area contributed by atoms with Crippen LogP contribution in [-0.4, -0.2) is 22.7 Å². The van der Waals surface area contributed by atoms with E-state index in [9.17, 15) is 4.79 Å². The molecule has 0 radical (unpaired) electrons. The number of rotatable bonds is 5. The Morgan fingerprint density at radius 2 is 2.10 bits per heavy atom. The summed E-state index contributed by atoms with van der Waals surface area (Å²) in [7, 11) is 0. The van der Waals surface area contributed by atoms with Gasteiger partial charge in [-0.2, -0.15) is 0 Å². The molecule has 2 N–H and O–H groups in total. The monoisotopic (exact) mass is 307 g/mol. The van der Waals surface area contributed by atoms with Gasteiger partial charge in [-0.05, 0) is 26.0 Å². The standard InChI is InChI=1S/C14H17N3OS2/c1-10(2)17(11-6-4-3-5-7-11)12(18)9-19-13-8-16-14(15)20-13/h3-8,10H,9H2,1-2H3,(H2,15,16). The van der Waals surface area contributed by atoms with Crippen LogP contribution in [0.25, 0.3) is 0 Å². The maximum Gasteiger partial charge on any atom is 0.237 e. The lowest BCUT2D eigenvalue weighted by Crippen LogP contribution is -2.38. The maximum atomic E-state index is 12.4. The van der Waals surface area contributed by atoms with Crippen molar-refractivity contribution in [2.24, 2.45) is 0 Å². The van der Waals surface area contributed by atoms with Gasteiger partial charge in [-0.1, -0.05) is 29.5 Å². The number of nitrogen functional groups attached to an aromatic ring is 1. The molecule has 1 heterocycles. The third-order valence-electron chi connectivity index (χ3n) is 2.66. The van der Waals surface area contributed by atoms with Gasteiger partial charge in [-0.25, -0.2) is 4.98 Å². The van der Waals surface area contributed by atoms with Crippen molar-refractivity contribution in [2.45, 2.75) is 24.1 Å². The summed E-state index contributed by atoms with van der Waals surface area (Å²) in [5.74, 6) is 0.470. The fourth-order valence-electron chi connectivity index (χ4n) is 1.86. The predicted molar refractivity (Wildman–Crippen MR) is 86.3 cm³/mol. The van der Waals surface area contributed by atoms with E-state index in [1.54, 1.807) is 6.20 Å². The van der Waals surface area contributed by atoms with E-state index in [0.29, 0.717) is 10.9 Å². The fraction of sp³-hybridized carbons (Fsp3) is 0.286. The summed E-state index contributed by atoms with van der Waals surface area (Å²) >= 11 is 2.88. The smallest absolute Gasteiger partial charge is 0.237 e. The van der Waals surface area contributed by atoms with E-state index >= 15 is 0 Å². The van der Waals surface area contributed by atoms with Crippen LogP contribution in [0, 0.1) is 0 Å². The molecule has 4 nitrogen and oxygen atoms in total. The number of para-hydroxylation sites is 1. The molecule has 0 saturated heterocycles. The lowest BCUT2D eigenvalue weighted by molar-refractivity contribution is -0.116. The molecular formula is C14H17N3OS2. The number of nitrogens with two attached hydrogens (primary N) is 1. The number of anilines is 2. The minimum absolute atomic E-state index is 0.0863. The highest BCUT2D eigenvalue weighted by molar-refractivity contribution is 8.01. The molecule has 1 aromatic carbocycles. The number of carbonyl (C=O) groups excluding carboxylic acids is 1. The van der Waals surface area contributed by atoms with Gasteiger partial charge in [0.25, 0.3) is 0 Å². The van der Waals surface area contributed by atoms with Crippen molar-refractivity contribution in [3.63, 3.8) is 0 Å². The lowest BCUT2D eigenvalue weighted by atomic mass is 10.2. The molecule has 0 atom stereocenters. The van der Waals surface area contributed by atoms with Crippen LogP contribution >= 0.6 is 23.1 Å². The summed E-state index contributed by atoms with van der Waals surface area (Å²) in [6.45, 7) is 4.03. The van der Waals surface area contributed by atoms with Crippen molar-refractivity contribution >= 4 is 39.8 Å². The summed E-state index contributed by atoms with van der Waals surface area (Å²) < 4.78 is 0.965. The molecule has 0 unspecified atom stereocenters. The molecule has 2 rings (SSSR count). The molecule has 106 valence electrons. The molecule has 0 spiro atoms. The molecular weight excluding hydrogens is 290 g/mol. The van der Waals surface area contributed by atoms with Crippen molar-refractivity contribution in [1.82, 2.24) is 4.98 Å². The molecule has 0 bridgehead atoms. The Labute approximate surface area is 127 Å². The summed E-state index contributed by atoms with van der Waals surface area (Å²) in [5.41, 5.74) is 6.51. The van der Waals surface area contributed by atoms with Gasteiger partial charge in [-0.15, -0.1) is 11.8 Å². The molecule has 2 aromatic rings. The first-order chi connectivity index (χ1) is 9.58. The van der Waals surface area contributed by atoms with Gasteiger partial charge < -0.3 is 10.6 Å². The second-order valence-corrected chi connectivity index (χ2v) is 6.84. The minimum Gasteiger partial charge on any atom is -0.375 e. The number of hydrogen-bond donors (Lipinski definition) is 1. The average molecular weight is 307 g/mol. The van der Waals surface area contributed by atoms with Gasteiger partial charge in [0.15, 0.2) is 5.13 Å². The molecule has 6 heteroatoms. The Morgan fingerprint density at radius 1 is 1.40 bits per heavy atom. The predicted octanol–water partition coefficient (Wildman–Crippen LogP) is 3.26. The number of carbonyl (C=O) groups is 1. The summed E-state index contributed by atoms with van der Waals surface area (Å²) in [5, 5.41) is 0.531. The van der Waals surface area contributed by atoms with E-state index in [4.69, 9.17) is 5.73 Å². The minimum atomic E-state index is 0.0863. The molecule has 0 aliphatic rings. The Hall–Kier alpha value is -1.53. The van der Waals surface area contributed by atoms with Crippen LogP contribution in [0.5, 0.6) is 0 Å². The zero-order chi connectivity index (χ0) is 14.5. The topological polar surface area (TPSA) is 59.2 Å². The Balaban J connectivity index is 2.04. The first-order valence-corrected chi connectivity index (χ1v) is 8.09. The molecule has 1 aromatic heterocycles. The van der Waals surface area contributed by atoms with Crippen LogP contribution in [0.1, 0.15) is 13.8 Å². The van der Waals surface area contributed by atoms with Crippen molar-refractivity contribution in [2.75, 3.05) is 16.4 Å². The number of aromatic nitrogens is 1. The highest BCUT2D eigenvalue weighted by Crippen LogP contribution is 2.27. The quantitative estimate of drug-likeness (QED) is 0.861. The highest BCUT2D eigenvalue weighted by atomic mass is 32.2. The second-order valence-electron chi connectivity index (χ2n) is 4.50. The van der Waals surface area contributed by atoms with Crippen molar-refractivity contribution in [3.05, 3.63) is 36.5 Å². The van der Waals surface area contributed by atoms with E-state index in [-0.39, 0.29) is 11.9 Å². The first-order valence-electron chi connectivity index (χ1n) is 6.29. The van der Waals surface area contributed by atoms with Gasteiger partial charge in [0, 0.05) is 11.7 Å². The van der Waals surface area contributed by atoms with Crippen molar-refractivity contribution in [1.29, 1.82) is 0 Å². The maximum absolute atomic E-state index is 12.4.